The van der Waals surface area contributed by atoms with Crippen LogP contribution in [0.4, 0.5) is 4.20 Å². The summed E-state index contributed by atoms with van der Waals surface area (Å²) < 4.78 is 10.8. The summed E-state index contributed by atoms with van der Waals surface area (Å²) in [7, 11) is 2.89. The molecule has 1 unspecified atom stereocenters. The minimum absolute atomic E-state index is 1.34. The molecule has 0 heterocycles. The van der Waals surface area contributed by atoms with Gasteiger partial charge in [-0.3, -0.25) is 0 Å². The fourth-order valence-electron chi connectivity index (χ4n) is 0. The SMILES string of the molecule is [B]=[P+](C)F. The normalized spacial score (nSPS) is 10.8. The molecule has 1 radical (unpaired) electrons. The van der Waals surface area contributed by atoms with Gasteiger partial charge in [-0.15, -0.1) is 0 Å². The first-order chi connectivity index (χ1) is 1.73. The van der Waals surface area contributed by atoms with Crippen LogP contribution in [0.1, 0.15) is 0 Å². The Kier molecular flexibility index (Phi) is 1.72. The molecule has 0 aliphatic heterocycles. The summed E-state index contributed by atoms with van der Waals surface area (Å²) in [4.78, 5) is 0. The summed E-state index contributed by atoms with van der Waals surface area (Å²) in [5.74, 6) is 0. The quantitative estimate of drug-likeness (QED) is 0.299. The number of rotatable bonds is 0. The van der Waals surface area contributed by atoms with E-state index in [4.69, 9.17) is 0 Å². The van der Waals surface area contributed by atoms with Crippen LogP contribution in [0.5, 0.6) is 0 Å². The summed E-state index contributed by atoms with van der Waals surface area (Å²) in [6.45, 7) is 1.34. The van der Waals surface area contributed by atoms with Gasteiger partial charge in [-0.05, 0) is 0 Å². The van der Waals surface area contributed by atoms with E-state index in [1.165, 1.54) is 6.66 Å². The maximum absolute atomic E-state index is 10.8. The fourth-order valence-corrected chi connectivity index (χ4v) is 0. The first kappa shape index (κ1) is 4.29. The van der Waals surface area contributed by atoms with Crippen molar-refractivity contribution in [3.8, 4) is 0 Å². The molecule has 0 amide bonds. The molecule has 0 aromatic rings. The van der Waals surface area contributed by atoms with Gasteiger partial charge in [-0.1, -0.05) is 0 Å². The van der Waals surface area contributed by atoms with Crippen molar-refractivity contribution in [3.63, 3.8) is 0 Å². The molecule has 0 aliphatic carbocycles. The van der Waals surface area contributed by atoms with Crippen molar-refractivity contribution in [3.05, 3.63) is 0 Å². The third-order valence-electron chi connectivity index (χ3n) is 0. The Morgan fingerprint density at radius 1 is 2.00 bits per heavy atom. The predicted octanol–water partition coefficient (Wildman–Crippen LogP) is 1.07. The first-order valence-corrected chi connectivity index (χ1v) is 2.62. The van der Waals surface area contributed by atoms with Crippen molar-refractivity contribution in [1.29, 1.82) is 0 Å². The van der Waals surface area contributed by atoms with E-state index < -0.39 is 7.72 Å². The van der Waals surface area contributed by atoms with E-state index >= 15 is 0 Å². The molecule has 0 aromatic carbocycles. The molecular weight excluding hydrogens is 72.8 g/mol. The average molecular weight is 75.8 g/mol. The molecule has 21 valence electrons. The Morgan fingerprint density at radius 3 is 2.00 bits per heavy atom. The molecule has 0 aliphatic rings. The second-order valence-electron chi connectivity index (χ2n) is 0.525. The summed E-state index contributed by atoms with van der Waals surface area (Å²) >= 11 is 0. The maximum atomic E-state index is 10.8. The van der Waals surface area contributed by atoms with Crippen molar-refractivity contribution >= 4 is 14.9 Å². The molecule has 0 aromatic heterocycles. The Hall–Kier alpha value is 0.295. The first-order valence-electron chi connectivity index (χ1n) is 0.874. The van der Waals surface area contributed by atoms with Crippen LogP contribution in [0.15, 0.2) is 0 Å². The molecule has 0 rings (SSSR count). The van der Waals surface area contributed by atoms with Crippen LogP contribution in [0.2, 0.25) is 0 Å². The van der Waals surface area contributed by atoms with Gasteiger partial charge in [0.15, 0.2) is 0 Å². The third-order valence-corrected chi connectivity index (χ3v) is 0. The molecule has 0 bridgehead atoms. The van der Waals surface area contributed by atoms with E-state index in [9.17, 15) is 4.20 Å². The van der Waals surface area contributed by atoms with E-state index in [1.54, 1.807) is 0 Å². The van der Waals surface area contributed by atoms with Crippen molar-refractivity contribution in [2.75, 3.05) is 6.66 Å². The molecule has 0 saturated carbocycles. The number of hydrogen-bond acceptors (Lipinski definition) is 0. The Bertz CT molecular complexity index is 31.0. The molecule has 3 heteroatoms. The van der Waals surface area contributed by atoms with Gasteiger partial charge in [0.25, 0.3) is 0 Å². The van der Waals surface area contributed by atoms with Crippen LogP contribution in [0.25, 0.3) is 0 Å². The predicted molar refractivity (Wildman–Crippen MR) is 19.7 cm³/mol. The summed E-state index contributed by atoms with van der Waals surface area (Å²) in [5.41, 5.74) is 0. The van der Waals surface area contributed by atoms with Crippen LogP contribution < -0.4 is 0 Å². The monoisotopic (exact) mass is 76.0 g/mol. The Morgan fingerprint density at radius 2 is 2.00 bits per heavy atom. The van der Waals surface area contributed by atoms with Crippen molar-refractivity contribution in [1.82, 2.24) is 0 Å². The zero-order chi connectivity index (χ0) is 3.58. The van der Waals surface area contributed by atoms with Crippen LogP contribution in [0, 0.1) is 0 Å². The van der Waals surface area contributed by atoms with Crippen LogP contribution in [-0.2, 0) is 0 Å². The molecule has 0 fully saturated rings. The summed E-state index contributed by atoms with van der Waals surface area (Å²) in [5, 5.41) is 0. The minimum atomic E-state index is -1.62. The average Bonchev–Trinajstić information content (AvgIpc) is 0.811. The molecule has 4 heavy (non-hydrogen) atoms. The van der Waals surface area contributed by atoms with E-state index in [2.05, 4.69) is 7.18 Å². The Labute approximate surface area is 26.9 Å². The van der Waals surface area contributed by atoms with Crippen molar-refractivity contribution < 1.29 is 4.20 Å². The number of hydrogen-bond donors (Lipinski definition) is 0. The van der Waals surface area contributed by atoms with E-state index in [0.29, 0.717) is 0 Å². The Balaban J connectivity index is 2.80. The standard InChI is InChI=1S/CH3BFP/c1-4(2)3/h1H3/q+1. The van der Waals surface area contributed by atoms with Gasteiger partial charge in [0.1, 0.15) is 0 Å². The van der Waals surface area contributed by atoms with Gasteiger partial charge in [-0.2, -0.15) is 0 Å². The number of halogens is 1. The zero-order valence-corrected chi connectivity index (χ0v) is 3.30. The fraction of sp³-hybridized carbons (Fsp3) is 1.00. The van der Waals surface area contributed by atoms with Gasteiger partial charge in [-0.25, -0.2) is 0 Å². The molecular formula is CH3BFP+. The second-order valence-corrected chi connectivity index (χ2v) is 1.57. The van der Waals surface area contributed by atoms with E-state index in [1.807, 2.05) is 0 Å². The van der Waals surface area contributed by atoms with Gasteiger partial charge < -0.3 is 0 Å². The van der Waals surface area contributed by atoms with Crippen molar-refractivity contribution in [2.24, 2.45) is 0 Å². The van der Waals surface area contributed by atoms with Crippen LogP contribution >= 0.6 is 7.72 Å². The topological polar surface area (TPSA) is 0 Å². The molecule has 0 spiro atoms. The molecule has 1 atom stereocenters. The summed E-state index contributed by atoms with van der Waals surface area (Å²) in [6, 6.07) is 0. The van der Waals surface area contributed by atoms with Gasteiger partial charge in [0.2, 0.25) is 0 Å². The van der Waals surface area contributed by atoms with Gasteiger partial charge >= 0.3 is 25.8 Å². The second kappa shape index (κ2) is 1.60. The molecule has 0 nitrogen and oxygen atoms in total. The van der Waals surface area contributed by atoms with Crippen LogP contribution in [0.3, 0.4) is 0 Å². The zero-order valence-electron chi connectivity index (χ0n) is 2.40. The molecule has 0 saturated heterocycles. The molecule has 0 N–H and O–H groups in total. The van der Waals surface area contributed by atoms with E-state index in [-0.39, 0.29) is 0 Å². The summed E-state index contributed by atoms with van der Waals surface area (Å²) in [6.07, 6.45) is 0. The van der Waals surface area contributed by atoms with E-state index in [0.717, 1.165) is 0 Å². The third kappa shape index (κ3) is 44.2. The van der Waals surface area contributed by atoms with Gasteiger partial charge in [0.05, 0.1) is 0 Å². The van der Waals surface area contributed by atoms with Crippen molar-refractivity contribution in [2.45, 2.75) is 0 Å². The van der Waals surface area contributed by atoms with Gasteiger partial charge in [0, 0.05) is 0 Å². The van der Waals surface area contributed by atoms with Crippen LogP contribution in [-0.4, -0.2) is 13.8 Å².